The zero-order valence-electron chi connectivity index (χ0n) is 9.53. The van der Waals surface area contributed by atoms with Crippen molar-refractivity contribution >= 4 is 5.97 Å². The van der Waals surface area contributed by atoms with Gasteiger partial charge in [0.2, 0.25) is 0 Å². The third-order valence-electron chi connectivity index (χ3n) is 2.37. The van der Waals surface area contributed by atoms with Crippen molar-refractivity contribution in [2.75, 3.05) is 0 Å². The molecular formula is C11H18N2O2. The summed E-state index contributed by atoms with van der Waals surface area (Å²) >= 11 is 0. The van der Waals surface area contributed by atoms with Crippen LogP contribution in [0, 0.1) is 12.8 Å². The highest BCUT2D eigenvalue weighted by molar-refractivity contribution is 5.66. The Labute approximate surface area is 89.9 Å². The van der Waals surface area contributed by atoms with Crippen LogP contribution in [0.1, 0.15) is 31.7 Å². The number of hydrogen-bond donors (Lipinski definition) is 1. The molecule has 0 fully saturated rings. The maximum atomic E-state index is 10.5. The number of carboxylic acids is 1. The molecule has 0 aliphatic carbocycles. The standard InChI is InChI=1S/C11H18N2O2/c1-4-13-10(7-9(3)12-13)5-8(2)6-11(14)15/h7-8H,4-6H2,1-3H3,(H,14,15). The third kappa shape index (κ3) is 3.38. The fourth-order valence-electron chi connectivity index (χ4n) is 1.76. The van der Waals surface area contributed by atoms with Crippen molar-refractivity contribution in [2.24, 2.45) is 5.92 Å². The number of nitrogens with zero attached hydrogens (tertiary/aromatic N) is 2. The van der Waals surface area contributed by atoms with Gasteiger partial charge in [0.25, 0.3) is 0 Å². The van der Waals surface area contributed by atoms with Crippen molar-refractivity contribution < 1.29 is 9.90 Å². The molecule has 1 aromatic rings. The molecule has 1 rings (SSSR count). The zero-order valence-corrected chi connectivity index (χ0v) is 9.53. The molecule has 0 aromatic carbocycles. The van der Waals surface area contributed by atoms with Gasteiger partial charge < -0.3 is 5.11 Å². The Morgan fingerprint density at radius 3 is 2.87 bits per heavy atom. The second kappa shape index (κ2) is 4.96. The summed E-state index contributed by atoms with van der Waals surface area (Å²) in [5.74, 6) is -0.578. The minimum atomic E-state index is -0.734. The minimum Gasteiger partial charge on any atom is -0.481 e. The average molecular weight is 210 g/mol. The summed E-state index contributed by atoms with van der Waals surface area (Å²) in [4.78, 5) is 10.5. The average Bonchev–Trinajstić information content (AvgIpc) is 2.44. The molecule has 0 saturated heterocycles. The summed E-state index contributed by atoms with van der Waals surface area (Å²) in [5, 5.41) is 13.0. The topological polar surface area (TPSA) is 55.1 Å². The maximum absolute atomic E-state index is 10.5. The highest BCUT2D eigenvalue weighted by Gasteiger charge is 2.12. The number of aryl methyl sites for hydroxylation is 2. The largest absolute Gasteiger partial charge is 0.481 e. The Morgan fingerprint density at radius 2 is 2.33 bits per heavy atom. The van der Waals surface area contributed by atoms with Crippen LogP contribution in [0.15, 0.2) is 6.07 Å². The van der Waals surface area contributed by atoms with Gasteiger partial charge in [-0.15, -0.1) is 0 Å². The molecule has 0 amide bonds. The van der Waals surface area contributed by atoms with Gasteiger partial charge in [0.1, 0.15) is 0 Å². The van der Waals surface area contributed by atoms with E-state index in [9.17, 15) is 4.79 Å². The van der Waals surface area contributed by atoms with Gasteiger partial charge in [0, 0.05) is 18.7 Å². The molecule has 15 heavy (non-hydrogen) atoms. The van der Waals surface area contributed by atoms with Crippen molar-refractivity contribution in [3.8, 4) is 0 Å². The number of aliphatic carboxylic acids is 1. The van der Waals surface area contributed by atoms with E-state index in [0.717, 1.165) is 24.4 Å². The first-order valence-electron chi connectivity index (χ1n) is 5.28. The van der Waals surface area contributed by atoms with Crippen LogP contribution in [-0.2, 0) is 17.8 Å². The summed E-state index contributed by atoms with van der Waals surface area (Å²) in [6.07, 6.45) is 0.995. The molecular weight excluding hydrogens is 192 g/mol. The normalized spacial score (nSPS) is 12.7. The number of hydrogen-bond acceptors (Lipinski definition) is 2. The van der Waals surface area contributed by atoms with Crippen molar-refractivity contribution in [3.05, 3.63) is 17.5 Å². The molecule has 0 radical (unpaired) electrons. The van der Waals surface area contributed by atoms with Gasteiger partial charge in [-0.25, -0.2) is 0 Å². The quantitative estimate of drug-likeness (QED) is 0.807. The first kappa shape index (κ1) is 11.8. The van der Waals surface area contributed by atoms with E-state index in [-0.39, 0.29) is 12.3 Å². The Hall–Kier alpha value is -1.32. The molecule has 0 aliphatic rings. The minimum absolute atomic E-state index is 0.156. The molecule has 0 aliphatic heterocycles. The van der Waals surface area contributed by atoms with Crippen molar-refractivity contribution in [1.82, 2.24) is 9.78 Å². The van der Waals surface area contributed by atoms with Gasteiger partial charge in [0.15, 0.2) is 0 Å². The molecule has 1 unspecified atom stereocenters. The molecule has 1 aromatic heterocycles. The van der Waals surface area contributed by atoms with E-state index in [1.807, 2.05) is 31.5 Å². The highest BCUT2D eigenvalue weighted by Crippen LogP contribution is 2.13. The molecule has 1 atom stereocenters. The first-order valence-corrected chi connectivity index (χ1v) is 5.28. The Morgan fingerprint density at radius 1 is 1.67 bits per heavy atom. The van der Waals surface area contributed by atoms with Crippen LogP contribution < -0.4 is 0 Å². The number of rotatable bonds is 5. The number of aromatic nitrogens is 2. The van der Waals surface area contributed by atoms with Crippen LogP contribution in [0.4, 0.5) is 0 Å². The summed E-state index contributed by atoms with van der Waals surface area (Å²) in [5.41, 5.74) is 2.12. The van der Waals surface area contributed by atoms with Crippen LogP contribution >= 0.6 is 0 Å². The fraction of sp³-hybridized carbons (Fsp3) is 0.636. The van der Waals surface area contributed by atoms with Crippen LogP contribution in [0.5, 0.6) is 0 Å². The summed E-state index contributed by atoms with van der Waals surface area (Å²) in [7, 11) is 0. The molecule has 84 valence electrons. The van der Waals surface area contributed by atoms with Crippen molar-refractivity contribution in [3.63, 3.8) is 0 Å². The Balaban J connectivity index is 2.66. The molecule has 1 heterocycles. The monoisotopic (exact) mass is 210 g/mol. The molecule has 0 bridgehead atoms. The van der Waals surface area contributed by atoms with E-state index in [0.29, 0.717) is 0 Å². The Kier molecular flexibility index (Phi) is 3.88. The van der Waals surface area contributed by atoms with Crippen LogP contribution in [0.25, 0.3) is 0 Å². The highest BCUT2D eigenvalue weighted by atomic mass is 16.4. The van der Waals surface area contributed by atoms with Crippen LogP contribution in [-0.4, -0.2) is 20.9 Å². The van der Waals surface area contributed by atoms with E-state index < -0.39 is 5.97 Å². The lowest BCUT2D eigenvalue weighted by molar-refractivity contribution is -0.137. The van der Waals surface area contributed by atoms with E-state index in [4.69, 9.17) is 5.11 Å². The predicted octanol–water partition coefficient (Wildman–Crippen LogP) is 1.86. The summed E-state index contributed by atoms with van der Waals surface area (Å²) in [6.45, 7) is 6.79. The van der Waals surface area contributed by atoms with Crippen molar-refractivity contribution in [1.29, 1.82) is 0 Å². The first-order chi connectivity index (χ1) is 7.02. The van der Waals surface area contributed by atoms with E-state index >= 15 is 0 Å². The third-order valence-corrected chi connectivity index (χ3v) is 2.37. The van der Waals surface area contributed by atoms with Crippen molar-refractivity contribution in [2.45, 2.75) is 40.2 Å². The van der Waals surface area contributed by atoms with E-state index in [1.165, 1.54) is 0 Å². The van der Waals surface area contributed by atoms with Crippen LogP contribution in [0.2, 0.25) is 0 Å². The second-order valence-corrected chi connectivity index (χ2v) is 4.00. The molecule has 4 nitrogen and oxygen atoms in total. The van der Waals surface area contributed by atoms with Gasteiger partial charge in [0.05, 0.1) is 5.69 Å². The zero-order chi connectivity index (χ0) is 11.4. The molecule has 0 spiro atoms. The number of carboxylic acid groups (broad SMARTS) is 1. The van der Waals surface area contributed by atoms with Gasteiger partial charge in [-0.2, -0.15) is 5.10 Å². The number of carbonyl (C=O) groups is 1. The fourth-order valence-corrected chi connectivity index (χ4v) is 1.76. The lowest BCUT2D eigenvalue weighted by atomic mass is 10.0. The lowest BCUT2D eigenvalue weighted by Gasteiger charge is -2.09. The van der Waals surface area contributed by atoms with Gasteiger partial charge in [-0.05, 0) is 32.3 Å². The molecule has 4 heteroatoms. The predicted molar refractivity (Wildman–Crippen MR) is 57.8 cm³/mol. The van der Waals surface area contributed by atoms with Gasteiger partial charge in [-0.3, -0.25) is 9.48 Å². The summed E-state index contributed by atoms with van der Waals surface area (Å²) < 4.78 is 1.94. The van der Waals surface area contributed by atoms with Crippen LogP contribution in [0.3, 0.4) is 0 Å². The van der Waals surface area contributed by atoms with Gasteiger partial charge >= 0.3 is 5.97 Å². The summed E-state index contributed by atoms with van der Waals surface area (Å²) in [6, 6.07) is 2.03. The van der Waals surface area contributed by atoms with E-state index in [2.05, 4.69) is 5.10 Å². The Bertz CT molecular complexity index is 344. The maximum Gasteiger partial charge on any atom is 0.303 e. The second-order valence-electron chi connectivity index (χ2n) is 4.00. The smallest absolute Gasteiger partial charge is 0.303 e. The molecule has 0 saturated carbocycles. The lowest BCUT2D eigenvalue weighted by Crippen LogP contribution is -2.11. The molecule has 1 N–H and O–H groups in total. The SMILES string of the molecule is CCn1nc(C)cc1CC(C)CC(=O)O. The van der Waals surface area contributed by atoms with E-state index in [1.54, 1.807) is 0 Å². The van der Waals surface area contributed by atoms with Gasteiger partial charge in [-0.1, -0.05) is 6.92 Å².